The van der Waals surface area contributed by atoms with Gasteiger partial charge in [0, 0.05) is 31.9 Å². The quantitative estimate of drug-likeness (QED) is 0.883. The fraction of sp³-hybridized carbons (Fsp3) is 0.625. The first-order valence-corrected chi connectivity index (χ1v) is 7.36. The molecular formula is C16H26N2O. The molecule has 0 unspecified atom stereocenters. The van der Waals surface area contributed by atoms with Crippen molar-refractivity contribution < 1.29 is 4.74 Å². The van der Waals surface area contributed by atoms with Crippen LogP contribution in [0.3, 0.4) is 0 Å². The molecule has 0 spiro atoms. The molecule has 1 aliphatic rings. The molecule has 1 aromatic rings. The number of piperazine rings is 1. The van der Waals surface area contributed by atoms with Crippen LogP contribution in [0.2, 0.25) is 0 Å². The third-order valence-electron chi connectivity index (χ3n) is 3.59. The van der Waals surface area contributed by atoms with E-state index < -0.39 is 0 Å². The lowest BCUT2D eigenvalue weighted by atomic mass is 10.1. The van der Waals surface area contributed by atoms with E-state index in [1.54, 1.807) is 0 Å². The van der Waals surface area contributed by atoms with E-state index >= 15 is 0 Å². The van der Waals surface area contributed by atoms with E-state index in [2.05, 4.69) is 49.2 Å². The van der Waals surface area contributed by atoms with Crippen LogP contribution in [0.4, 0.5) is 5.69 Å². The van der Waals surface area contributed by atoms with Crippen molar-refractivity contribution in [2.24, 2.45) is 5.92 Å². The highest BCUT2D eigenvalue weighted by Gasteiger charge is 2.11. The monoisotopic (exact) mass is 262 g/mol. The van der Waals surface area contributed by atoms with Crippen LogP contribution in [0.25, 0.3) is 0 Å². The van der Waals surface area contributed by atoms with Crippen LogP contribution in [0.1, 0.15) is 25.8 Å². The van der Waals surface area contributed by atoms with Crippen LogP contribution in [0.15, 0.2) is 18.2 Å². The van der Waals surface area contributed by atoms with Crippen molar-refractivity contribution in [3.8, 4) is 5.75 Å². The lowest BCUT2D eigenvalue weighted by Gasteiger charge is -2.30. The van der Waals surface area contributed by atoms with E-state index in [9.17, 15) is 0 Å². The lowest BCUT2D eigenvalue weighted by molar-refractivity contribution is 0.288. The van der Waals surface area contributed by atoms with Crippen LogP contribution in [0, 0.1) is 12.8 Å². The topological polar surface area (TPSA) is 24.5 Å². The molecule has 0 bridgehead atoms. The number of rotatable bonds is 5. The Labute approximate surface area is 116 Å². The van der Waals surface area contributed by atoms with Crippen molar-refractivity contribution >= 4 is 5.69 Å². The molecule has 2 rings (SSSR count). The fourth-order valence-corrected chi connectivity index (χ4v) is 2.32. The number of ether oxygens (including phenoxy) is 1. The Hall–Kier alpha value is -1.22. The Balaban J connectivity index is 1.96. The highest BCUT2D eigenvalue weighted by Crippen LogP contribution is 2.25. The second-order valence-corrected chi connectivity index (χ2v) is 5.72. The third kappa shape index (κ3) is 4.13. The molecule has 19 heavy (non-hydrogen) atoms. The molecule has 106 valence electrons. The summed E-state index contributed by atoms with van der Waals surface area (Å²) in [6, 6.07) is 6.55. The molecular weight excluding hydrogens is 236 g/mol. The summed E-state index contributed by atoms with van der Waals surface area (Å²) < 4.78 is 5.86. The maximum Gasteiger partial charge on any atom is 0.122 e. The number of hydrogen-bond donors (Lipinski definition) is 1. The first kappa shape index (κ1) is 14.2. The van der Waals surface area contributed by atoms with Gasteiger partial charge in [-0.25, -0.2) is 0 Å². The van der Waals surface area contributed by atoms with Crippen molar-refractivity contribution in [2.45, 2.75) is 27.2 Å². The molecule has 0 atom stereocenters. The van der Waals surface area contributed by atoms with E-state index in [0.29, 0.717) is 5.92 Å². The van der Waals surface area contributed by atoms with Gasteiger partial charge in [0.2, 0.25) is 0 Å². The highest BCUT2D eigenvalue weighted by molar-refractivity contribution is 5.53. The summed E-state index contributed by atoms with van der Waals surface area (Å²) in [6.45, 7) is 11.7. The van der Waals surface area contributed by atoms with Crippen molar-refractivity contribution in [3.05, 3.63) is 23.8 Å². The van der Waals surface area contributed by atoms with Gasteiger partial charge in [0.05, 0.1) is 6.61 Å². The fourth-order valence-electron chi connectivity index (χ4n) is 2.32. The second kappa shape index (κ2) is 6.80. The summed E-state index contributed by atoms with van der Waals surface area (Å²) in [4.78, 5) is 2.43. The van der Waals surface area contributed by atoms with Gasteiger partial charge in [-0.2, -0.15) is 0 Å². The molecule has 1 saturated heterocycles. The van der Waals surface area contributed by atoms with Gasteiger partial charge in [0.25, 0.3) is 0 Å². The second-order valence-electron chi connectivity index (χ2n) is 5.72. The van der Waals surface area contributed by atoms with E-state index in [1.165, 1.54) is 11.3 Å². The molecule has 0 aromatic heterocycles. The van der Waals surface area contributed by atoms with E-state index in [0.717, 1.165) is 45.0 Å². The molecule has 0 aliphatic carbocycles. The van der Waals surface area contributed by atoms with Crippen LogP contribution < -0.4 is 15.0 Å². The summed E-state index contributed by atoms with van der Waals surface area (Å²) in [5, 5.41) is 3.38. The Morgan fingerprint density at radius 3 is 2.63 bits per heavy atom. The summed E-state index contributed by atoms with van der Waals surface area (Å²) >= 11 is 0. The first-order valence-electron chi connectivity index (χ1n) is 7.36. The largest absolute Gasteiger partial charge is 0.493 e. The molecule has 3 heteroatoms. The minimum absolute atomic E-state index is 0.695. The Bertz CT molecular complexity index is 398. The minimum atomic E-state index is 0.695. The van der Waals surface area contributed by atoms with Crippen molar-refractivity contribution in [3.63, 3.8) is 0 Å². The Morgan fingerprint density at radius 2 is 2.00 bits per heavy atom. The van der Waals surface area contributed by atoms with E-state index in [-0.39, 0.29) is 0 Å². The zero-order valence-electron chi connectivity index (χ0n) is 12.4. The van der Waals surface area contributed by atoms with Gasteiger partial charge in [-0.1, -0.05) is 13.8 Å². The molecule has 1 fully saturated rings. The van der Waals surface area contributed by atoms with Crippen molar-refractivity contribution in [2.75, 3.05) is 37.7 Å². The van der Waals surface area contributed by atoms with Gasteiger partial charge in [-0.15, -0.1) is 0 Å². The molecule has 1 N–H and O–H groups in total. The number of anilines is 1. The average Bonchev–Trinajstić information content (AvgIpc) is 2.41. The molecule has 0 saturated carbocycles. The maximum absolute atomic E-state index is 5.86. The molecule has 3 nitrogen and oxygen atoms in total. The number of benzene rings is 1. The van der Waals surface area contributed by atoms with Crippen LogP contribution in [0.5, 0.6) is 5.75 Å². The van der Waals surface area contributed by atoms with Gasteiger partial charge in [0.15, 0.2) is 0 Å². The lowest BCUT2D eigenvalue weighted by Crippen LogP contribution is -2.43. The normalized spacial score (nSPS) is 15.9. The number of aryl methyl sites for hydroxylation is 1. The number of nitrogens with one attached hydrogen (secondary N) is 1. The van der Waals surface area contributed by atoms with Gasteiger partial charge in [0.1, 0.15) is 5.75 Å². The number of hydrogen-bond acceptors (Lipinski definition) is 3. The zero-order valence-corrected chi connectivity index (χ0v) is 12.4. The molecule has 1 aromatic carbocycles. The number of nitrogens with zero attached hydrogens (tertiary/aromatic N) is 1. The van der Waals surface area contributed by atoms with E-state index in [4.69, 9.17) is 4.74 Å². The van der Waals surface area contributed by atoms with E-state index in [1.807, 2.05) is 0 Å². The predicted molar refractivity (Wildman–Crippen MR) is 81.2 cm³/mol. The standard InChI is InChI=1S/C16H26N2O/c1-13(2)6-11-19-16-5-4-15(12-14(16)3)18-9-7-17-8-10-18/h4-5,12-13,17H,6-11H2,1-3H3. The molecule has 0 radical (unpaired) electrons. The Morgan fingerprint density at radius 1 is 1.26 bits per heavy atom. The first-order chi connectivity index (χ1) is 9.16. The average molecular weight is 262 g/mol. The zero-order chi connectivity index (χ0) is 13.7. The Kier molecular flexibility index (Phi) is 5.08. The van der Waals surface area contributed by atoms with Crippen LogP contribution >= 0.6 is 0 Å². The molecule has 1 aliphatic heterocycles. The minimum Gasteiger partial charge on any atom is -0.493 e. The van der Waals surface area contributed by atoms with Crippen molar-refractivity contribution in [1.82, 2.24) is 5.32 Å². The summed E-state index contributed by atoms with van der Waals surface area (Å²) in [5.74, 6) is 1.72. The third-order valence-corrected chi connectivity index (χ3v) is 3.59. The highest BCUT2D eigenvalue weighted by atomic mass is 16.5. The molecule has 1 heterocycles. The predicted octanol–water partition coefficient (Wildman–Crippen LogP) is 2.83. The molecule has 0 amide bonds. The summed E-state index contributed by atoms with van der Waals surface area (Å²) in [7, 11) is 0. The summed E-state index contributed by atoms with van der Waals surface area (Å²) in [6.07, 6.45) is 1.11. The SMILES string of the molecule is Cc1cc(N2CCNCC2)ccc1OCCC(C)C. The maximum atomic E-state index is 5.86. The van der Waals surface area contributed by atoms with Crippen LogP contribution in [-0.4, -0.2) is 32.8 Å². The van der Waals surface area contributed by atoms with Crippen molar-refractivity contribution in [1.29, 1.82) is 0 Å². The smallest absolute Gasteiger partial charge is 0.122 e. The van der Waals surface area contributed by atoms with Gasteiger partial charge < -0.3 is 15.0 Å². The van der Waals surface area contributed by atoms with Gasteiger partial charge in [-0.3, -0.25) is 0 Å². The summed E-state index contributed by atoms with van der Waals surface area (Å²) in [5.41, 5.74) is 2.55. The van der Waals surface area contributed by atoms with Crippen LogP contribution in [-0.2, 0) is 0 Å². The van der Waals surface area contributed by atoms with Gasteiger partial charge >= 0.3 is 0 Å². The van der Waals surface area contributed by atoms with Gasteiger partial charge in [-0.05, 0) is 43.0 Å².